The fourth-order valence-electron chi connectivity index (χ4n) is 2.08. The Bertz CT molecular complexity index is 716. The topological polar surface area (TPSA) is 58.6 Å². The highest BCUT2D eigenvalue weighted by Crippen LogP contribution is 2.15. The number of hydrogen-bond acceptors (Lipinski definition) is 3. The molecule has 0 spiro atoms. The van der Waals surface area contributed by atoms with Crippen molar-refractivity contribution in [1.82, 2.24) is 4.90 Å². The number of halogens is 1. The minimum Gasteiger partial charge on any atom is -0.489 e. The standard InChI is InChI=1S/C18H19FN2O3/c1-13(22)20-15-9-7-14(8-10-15)18(23)21(2)11-12-24-17-6-4-3-5-16(17)19/h3-10H,11-12H2,1-2H3,(H,20,22). The Balaban J connectivity index is 1.87. The molecule has 0 heterocycles. The van der Waals surface area contributed by atoms with Gasteiger partial charge in [0.15, 0.2) is 11.6 Å². The molecule has 2 rings (SSSR count). The van der Waals surface area contributed by atoms with Crippen molar-refractivity contribution in [2.45, 2.75) is 6.92 Å². The van der Waals surface area contributed by atoms with Gasteiger partial charge in [0.1, 0.15) is 6.61 Å². The van der Waals surface area contributed by atoms with Gasteiger partial charge in [0, 0.05) is 25.2 Å². The van der Waals surface area contributed by atoms with Gasteiger partial charge in [-0.2, -0.15) is 0 Å². The van der Waals surface area contributed by atoms with E-state index in [2.05, 4.69) is 5.32 Å². The minimum absolute atomic E-state index is 0.165. The second-order valence-electron chi connectivity index (χ2n) is 5.26. The molecule has 0 atom stereocenters. The van der Waals surface area contributed by atoms with Gasteiger partial charge in [-0.1, -0.05) is 12.1 Å². The van der Waals surface area contributed by atoms with Crippen LogP contribution in [0.2, 0.25) is 0 Å². The Hall–Kier alpha value is -2.89. The largest absolute Gasteiger partial charge is 0.489 e. The lowest BCUT2D eigenvalue weighted by Gasteiger charge is -2.18. The zero-order chi connectivity index (χ0) is 17.5. The van der Waals surface area contributed by atoms with Crippen LogP contribution in [0.3, 0.4) is 0 Å². The number of likely N-dealkylation sites (N-methyl/N-ethyl adjacent to an activating group) is 1. The van der Waals surface area contributed by atoms with Crippen molar-refractivity contribution in [2.75, 3.05) is 25.5 Å². The van der Waals surface area contributed by atoms with E-state index < -0.39 is 5.82 Å². The van der Waals surface area contributed by atoms with Crippen LogP contribution in [0.5, 0.6) is 5.75 Å². The lowest BCUT2D eigenvalue weighted by Crippen LogP contribution is -2.30. The first-order valence-corrected chi connectivity index (χ1v) is 7.48. The molecule has 0 aliphatic rings. The molecule has 24 heavy (non-hydrogen) atoms. The monoisotopic (exact) mass is 330 g/mol. The summed E-state index contributed by atoms with van der Waals surface area (Å²) in [6, 6.07) is 12.7. The summed E-state index contributed by atoms with van der Waals surface area (Å²) in [5.74, 6) is -0.615. The third-order valence-corrected chi connectivity index (χ3v) is 3.32. The molecule has 6 heteroatoms. The maximum Gasteiger partial charge on any atom is 0.253 e. The molecule has 0 aliphatic carbocycles. The van der Waals surface area contributed by atoms with Gasteiger partial charge >= 0.3 is 0 Å². The highest BCUT2D eigenvalue weighted by atomic mass is 19.1. The normalized spacial score (nSPS) is 10.1. The maximum atomic E-state index is 13.4. The van der Waals surface area contributed by atoms with Crippen molar-refractivity contribution in [3.05, 3.63) is 59.9 Å². The van der Waals surface area contributed by atoms with Gasteiger partial charge in [-0.05, 0) is 36.4 Å². The number of ether oxygens (including phenoxy) is 1. The van der Waals surface area contributed by atoms with E-state index in [1.807, 2.05) is 0 Å². The van der Waals surface area contributed by atoms with Gasteiger partial charge in [0.2, 0.25) is 5.91 Å². The van der Waals surface area contributed by atoms with Crippen LogP contribution in [-0.2, 0) is 4.79 Å². The average molecular weight is 330 g/mol. The lowest BCUT2D eigenvalue weighted by atomic mass is 10.2. The summed E-state index contributed by atoms with van der Waals surface area (Å²) < 4.78 is 18.8. The Morgan fingerprint density at radius 3 is 2.42 bits per heavy atom. The zero-order valence-electron chi connectivity index (χ0n) is 13.6. The number of carbonyl (C=O) groups is 2. The van der Waals surface area contributed by atoms with Crippen molar-refractivity contribution < 1.29 is 18.7 Å². The molecular formula is C18H19FN2O3. The van der Waals surface area contributed by atoms with Crippen molar-refractivity contribution >= 4 is 17.5 Å². The van der Waals surface area contributed by atoms with Crippen molar-refractivity contribution in [2.24, 2.45) is 0 Å². The fourth-order valence-corrected chi connectivity index (χ4v) is 2.08. The minimum atomic E-state index is -0.431. The van der Waals surface area contributed by atoms with Crippen LogP contribution in [0.4, 0.5) is 10.1 Å². The molecule has 0 bridgehead atoms. The van der Waals surface area contributed by atoms with E-state index in [1.54, 1.807) is 43.4 Å². The van der Waals surface area contributed by atoms with E-state index in [-0.39, 0.29) is 24.2 Å². The predicted molar refractivity (Wildman–Crippen MR) is 89.6 cm³/mol. The molecule has 0 unspecified atom stereocenters. The third-order valence-electron chi connectivity index (χ3n) is 3.32. The number of anilines is 1. The number of amides is 2. The molecule has 0 saturated carbocycles. The summed E-state index contributed by atoms with van der Waals surface area (Å²) >= 11 is 0. The molecular weight excluding hydrogens is 311 g/mol. The molecule has 2 aromatic rings. The number of rotatable bonds is 6. The number of nitrogens with zero attached hydrogens (tertiary/aromatic N) is 1. The van der Waals surface area contributed by atoms with Crippen LogP contribution < -0.4 is 10.1 Å². The number of benzene rings is 2. The van der Waals surface area contributed by atoms with Gasteiger partial charge in [-0.3, -0.25) is 9.59 Å². The van der Waals surface area contributed by atoms with Gasteiger partial charge in [-0.25, -0.2) is 4.39 Å². The van der Waals surface area contributed by atoms with Gasteiger partial charge < -0.3 is 15.0 Å². The van der Waals surface area contributed by atoms with Gasteiger partial charge in [0.05, 0.1) is 6.54 Å². The van der Waals surface area contributed by atoms with E-state index in [9.17, 15) is 14.0 Å². The maximum absolute atomic E-state index is 13.4. The number of nitrogens with one attached hydrogen (secondary N) is 1. The number of para-hydroxylation sites is 1. The van der Waals surface area contributed by atoms with Crippen LogP contribution in [0.15, 0.2) is 48.5 Å². The summed E-state index contributed by atoms with van der Waals surface area (Å²) in [5.41, 5.74) is 1.13. The molecule has 2 amide bonds. The Labute approximate surface area is 140 Å². The number of carbonyl (C=O) groups excluding carboxylic acids is 2. The van der Waals surface area contributed by atoms with Crippen LogP contribution in [0.25, 0.3) is 0 Å². The van der Waals surface area contributed by atoms with E-state index in [4.69, 9.17) is 4.74 Å². The summed E-state index contributed by atoms with van der Waals surface area (Å²) in [5, 5.41) is 2.64. The molecule has 126 valence electrons. The van der Waals surface area contributed by atoms with Crippen LogP contribution in [0, 0.1) is 5.82 Å². The molecule has 1 N–H and O–H groups in total. The van der Waals surface area contributed by atoms with E-state index >= 15 is 0 Å². The summed E-state index contributed by atoms with van der Waals surface area (Å²) in [7, 11) is 1.65. The third kappa shape index (κ3) is 4.81. The Morgan fingerprint density at radius 1 is 1.12 bits per heavy atom. The first-order chi connectivity index (χ1) is 11.5. The first kappa shape index (κ1) is 17.5. The van der Waals surface area contributed by atoms with E-state index in [0.717, 1.165) is 0 Å². The SMILES string of the molecule is CC(=O)Nc1ccc(C(=O)N(C)CCOc2ccccc2F)cc1. The smallest absolute Gasteiger partial charge is 0.253 e. The molecule has 0 aromatic heterocycles. The second-order valence-corrected chi connectivity index (χ2v) is 5.26. The molecule has 0 saturated heterocycles. The fraction of sp³-hybridized carbons (Fsp3) is 0.222. The average Bonchev–Trinajstić information content (AvgIpc) is 2.56. The predicted octanol–water partition coefficient (Wildman–Crippen LogP) is 2.94. The van der Waals surface area contributed by atoms with Crippen molar-refractivity contribution in [3.8, 4) is 5.75 Å². The number of hydrogen-bond donors (Lipinski definition) is 1. The lowest BCUT2D eigenvalue weighted by molar-refractivity contribution is -0.114. The van der Waals surface area contributed by atoms with Crippen LogP contribution in [-0.4, -0.2) is 36.9 Å². The van der Waals surface area contributed by atoms with Crippen molar-refractivity contribution in [1.29, 1.82) is 0 Å². The van der Waals surface area contributed by atoms with E-state index in [0.29, 0.717) is 17.8 Å². The van der Waals surface area contributed by atoms with Gasteiger partial charge in [-0.15, -0.1) is 0 Å². The highest BCUT2D eigenvalue weighted by Gasteiger charge is 2.12. The highest BCUT2D eigenvalue weighted by molar-refractivity contribution is 5.95. The van der Waals surface area contributed by atoms with Crippen LogP contribution in [0.1, 0.15) is 17.3 Å². The molecule has 0 fully saturated rings. The first-order valence-electron chi connectivity index (χ1n) is 7.48. The Morgan fingerprint density at radius 2 is 1.79 bits per heavy atom. The second kappa shape index (κ2) is 8.10. The summed E-state index contributed by atoms with van der Waals surface area (Å²) in [6.45, 7) is 1.93. The summed E-state index contributed by atoms with van der Waals surface area (Å²) in [4.78, 5) is 24.8. The van der Waals surface area contributed by atoms with E-state index in [1.165, 1.54) is 24.0 Å². The van der Waals surface area contributed by atoms with Crippen molar-refractivity contribution in [3.63, 3.8) is 0 Å². The quantitative estimate of drug-likeness (QED) is 0.886. The summed E-state index contributed by atoms with van der Waals surface area (Å²) in [6.07, 6.45) is 0. The van der Waals surface area contributed by atoms with Gasteiger partial charge in [0.25, 0.3) is 5.91 Å². The van der Waals surface area contributed by atoms with Crippen LogP contribution >= 0.6 is 0 Å². The molecule has 0 radical (unpaired) electrons. The Kier molecular flexibility index (Phi) is 5.89. The molecule has 0 aliphatic heterocycles. The molecule has 2 aromatic carbocycles. The zero-order valence-corrected chi connectivity index (χ0v) is 13.6. The molecule has 5 nitrogen and oxygen atoms in total.